The summed E-state index contributed by atoms with van der Waals surface area (Å²) in [6.07, 6.45) is 1.22. The topological polar surface area (TPSA) is 27.0 Å². The van der Waals surface area contributed by atoms with Crippen molar-refractivity contribution < 1.29 is 0 Å². The van der Waals surface area contributed by atoms with Crippen molar-refractivity contribution in [1.82, 2.24) is 0 Å². The monoisotopic (exact) mass is 264 g/mol. The zero-order chi connectivity index (χ0) is 10.8. The van der Waals surface area contributed by atoms with Crippen LogP contribution in [0.25, 0.3) is 0 Å². The molecule has 1 aromatic rings. The molecule has 2 nitrogen and oxygen atoms in total. The molecule has 0 aromatic heterocycles. The first kappa shape index (κ1) is 10.5. The number of nitriles is 1. The van der Waals surface area contributed by atoms with Crippen molar-refractivity contribution in [3.8, 4) is 6.07 Å². The summed E-state index contributed by atoms with van der Waals surface area (Å²) in [7, 11) is 0. The van der Waals surface area contributed by atoms with E-state index in [4.69, 9.17) is 5.26 Å². The Bertz CT molecular complexity index is 409. The van der Waals surface area contributed by atoms with E-state index in [0.717, 1.165) is 34.7 Å². The second kappa shape index (κ2) is 4.24. The molecule has 3 heteroatoms. The molecule has 2 rings (SSSR count). The van der Waals surface area contributed by atoms with Crippen LogP contribution in [0.15, 0.2) is 22.7 Å². The summed E-state index contributed by atoms with van der Waals surface area (Å²) in [5.41, 5.74) is 1.82. The van der Waals surface area contributed by atoms with Gasteiger partial charge in [0.25, 0.3) is 0 Å². The first-order valence-corrected chi connectivity index (χ1v) is 5.95. The van der Waals surface area contributed by atoms with Gasteiger partial charge < -0.3 is 4.90 Å². The van der Waals surface area contributed by atoms with Gasteiger partial charge in [-0.1, -0.05) is 13.0 Å². The van der Waals surface area contributed by atoms with Gasteiger partial charge in [-0.25, -0.2) is 0 Å². The van der Waals surface area contributed by atoms with Crippen LogP contribution in [0.2, 0.25) is 0 Å². The third-order valence-electron chi connectivity index (χ3n) is 2.87. The minimum Gasteiger partial charge on any atom is -0.370 e. The molecule has 1 aromatic carbocycles. The lowest BCUT2D eigenvalue weighted by Gasteiger charge is -2.19. The fraction of sp³-hybridized carbons (Fsp3) is 0.417. The second-order valence-corrected chi connectivity index (χ2v) is 4.94. The van der Waals surface area contributed by atoms with Crippen LogP contribution < -0.4 is 4.90 Å². The van der Waals surface area contributed by atoms with Gasteiger partial charge in [0.1, 0.15) is 6.07 Å². The highest BCUT2D eigenvalue weighted by atomic mass is 79.9. The normalized spacial score (nSPS) is 20.3. The van der Waals surface area contributed by atoms with Gasteiger partial charge in [0, 0.05) is 17.6 Å². The molecule has 0 radical (unpaired) electrons. The summed E-state index contributed by atoms with van der Waals surface area (Å²) >= 11 is 3.42. The molecule has 0 spiro atoms. The summed E-state index contributed by atoms with van der Waals surface area (Å²) in [6, 6.07) is 8.20. The maximum absolute atomic E-state index is 9.12. The number of hydrogen-bond acceptors (Lipinski definition) is 2. The second-order valence-electron chi connectivity index (χ2n) is 4.09. The molecule has 78 valence electrons. The molecule has 0 aliphatic carbocycles. The third kappa shape index (κ3) is 2.00. The average Bonchev–Trinajstić information content (AvgIpc) is 2.64. The van der Waals surface area contributed by atoms with Crippen molar-refractivity contribution in [1.29, 1.82) is 5.26 Å². The van der Waals surface area contributed by atoms with E-state index < -0.39 is 0 Å². The Morgan fingerprint density at radius 3 is 2.93 bits per heavy atom. The Balaban J connectivity index is 2.36. The first-order valence-electron chi connectivity index (χ1n) is 5.16. The van der Waals surface area contributed by atoms with Crippen LogP contribution in [0.5, 0.6) is 0 Å². The molecule has 1 fully saturated rings. The van der Waals surface area contributed by atoms with Gasteiger partial charge in [-0.2, -0.15) is 5.26 Å². The van der Waals surface area contributed by atoms with E-state index >= 15 is 0 Å². The van der Waals surface area contributed by atoms with Gasteiger partial charge in [0.2, 0.25) is 0 Å². The molecular weight excluding hydrogens is 252 g/mol. The molecule has 1 heterocycles. The molecular formula is C12H13BrN2. The number of benzene rings is 1. The Hall–Kier alpha value is -1.01. The van der Waals surface area contributed by atoms with E-state index in [1.54, 1.807) is 0 Å². The van der Waals surface area contributed by atoms with Crippen LogP contribution in [0.4, 0.5) is 5.69 Å². The van der Waals surface area contributed by atoms with E-state index in [2.05, 4.69) is 33.8 Å². The lowest BCUT2D eigenvalue weighted by molar-refractivity contribution is 0.659. The molecule has 1 aliphatic heterocycles. The Labute approximate surface area is 98.6 Å². The summed E-state index contributed by atoms with van der Waals surface area (Å²) in [5.74, 6) is 0.732. The predicted molar refractivity (Wildman–Crippen MR) is 64.9 cm³/mol. The average molecular weight is 265 g/mol. The zero-order valence-corrected chi connectivity index (χ0v) is 10.3. The highest BCUT2D eigenvalue weighted by molar-refractivity contribution is 9.10. The maximum Gasteiger partial charge on any atom is 0.103 e. The van der Waals surface area contributed by atoms with Crippen LogP contribution in [-0.4, -0.2) is 13.1 Å². The van der Waals surface area contributed by atoms with E-state index in [1.165, 1.54) is 6.42 Å². The first-order chi connectivity index (χ1) is 7.22. The molecule has 0 N–H and O–H groups in total. The van der Waals surface area contributed by atoms with Crippen molar-refractivity contribution >= 4 is 21.6 Å². The highest BCUT2D eigenvalue weighted by Crippen LogP contribution is 2.30. The van der Waals surface area contributed by atoms with E-state index in [-0.39, 0.29) is 0 Å². The van der Waals surface area contributed by atoms with Crippen molar-refractivity contribution in [2.75, 3.05) is 18.0 Å². The molecule has 1 aliphatic rings. The number of halogens is 1. The van der Waals surface area contributed by atoms with Crippen LogP contribution in [0, 0.1) is 17.2 Å². The Kier molecular flexibility index (Phi) is 2.97. The number of rotatable bonds is 1. The van der Waals surface area contributed by atoms with Crippen LogP contribution in [0.1, 0.15) is 18.9 Å². The van der Waals surface area contributed by atoms with Crippen LogP contribution in [0.3, 0.4) is 0 Å². The predicted octanol–water partition coefficient (Wildman–Crippen LogP) is 3.17. The molecule has 0 saturated carbocycles. The van der Waals surface area contributed by atoms with E-state index in [1.807, 2.05) is 18.2 Å². The lowest BCUT2D eigenvalue weighted by Crippen LogP contribution is -2.20. The van der Waals surface area contributed by atoms with Gasteiger partial charge in [-0.3, -0.25) is 0 Å². The number of nitrogens with zero attached hydrogens (tertiary/aromatic N) is 2. The molecule has 1 saturated heterocycles. The van der Waals surface area contributed by atoms with Gasteiger partial charge in [-0.15, -0.1) is 0 Å². The summed E-state index contributed by atoms with van der Waals surface area (Å²) in [4.78, 5) is 2.30. The molecule has 15 heavy (non-hydrogen) atoms. The van der Waals surface area contributed by atoms with E-state index in [9.17, 15) is 0 Å². The van der Waals surface area contributed by atoms with Crippen molar-refractivity contribution in [2.45, 2.75) is 13.3 Å². The molecule has 0 bridgehead atoms. The summed E-state index contributed by atoms with van der Waals surface area (Å²) in [5, 5.41) is 9.12. The summed E-state index contributed by atoms with van der Waals surface area (Å²) in [6.45, 7) is 4.38. The molecule has 1 atom stereocenters. The Morgan fingerprint density at radius 2 is 2.33 bits per heavy atom. The van der Waals surface area contributed by atoms with E-state index in [0.29, 0.717) is 0 Å². The Morgan fingerprint density at radius 1 is 1.53 bits per heavy atom. The highest BCUT2D eigenvalue weighted by Gasteiger charge is 2.21. The van der Waals surface area contributed by atoms with Crippen molar-refractivity contribution in [3.05, 3.63) is 28.2 Å². The van der Waals surface area contributed by atoms with Crippen molar-refractivity contribution in [2.24, 2.45) is 5.92 Å². The zero-order valence-electron chi connectivity index (χ0n) is 8.70. The fourth-order valence-electron chi connectivity index (χ4n) is 2.04. The van der Waals surface area contributed by atoms with Gasteiger partial charge in [-0.05, 0) is 40.4 Å². The largest absolute Gasteiger partial charge is 0.370 e. The lowest BCUT2D eigenvalue weighted by atomic mass is 10.1. The van der Waals surface area contributed by atoms with Crippen molar-refractivity contribution in [3.63, 3.8) is 0 Å². The SMILES string of the molecule is CC1CCN(c2cccc(Br)c2C#N)C1. The minimum atomic E-state index is 0.732. The van der Waals surface area contributed by atoms with Gasteiger partial charge in [0.05, 0.1) is 11.3 Å². The van der Waals surface area contributed by atoms with Gasteiger partial charge >= 0.3 is 0 Å². The quantitative estimate of drug-likeness (QED) is 0.779. The number of hydrogen-bond donors (Lipinski definition) is 0. The van der Waals surface area contributed by atoms with Gasteiger partial charge in [0.15, 0.2) is 0 Å². The molecule has 0 amide bonds. The minimum absolute atomic E-state index is 0.732. The standard InChI is InChI=1S/C12H13BrN2/c1-9-5-6-15(8-9)12-4-2-3-11(13)10(12)7-14/h2-4,9H,5-6,8H2,1H3. The summed E-state index contributed by atoms with van der Waals surface area (Å²) < 4.78 is 0.891. The van der Waals surface area contributed by atoms with Crippen LogP contribution >= 0.6 is 15.9 Å². The van der Waals surface area contributed by atoms with Crippen LogP contribution in [-0.2, 0) is 0 Å². The third-order valence-corrected chi connectivity index (χ3v) is 3.53. The fourth-order valence-corrected chi connectivity index (χ4v) is 2.49. The maximum atomic E-state index is 9.12. The number of anilines is 1. The smallest absolute Gasteiger partial charge is 0.103 e. The molecule has 1 unspecified atom stereocenters.